The molecule has 30 heavy (non-hydrogen) atoms. The molecule has 4 heterocycles. The number of ether oxygens (including phenoxy) is 1. The fraction of sp³-hybridized carbons (Fsp3) is 0.333. The summed E-state index contributed by atoms with van der Waals surface area (Å²) in [7, 11) is 1.65. The number of thiophene rings is 1. The van der Waals surface area contributed by atoms with Gasteiger partial charge in [0.05, 0.1) is 25.2 Å². The molecule has 1 N–H and O–H groups in total. The third kappa shape index (κ3) is 3.73. The molecule has 0 unspecified atom stereocenters. The van der Waals surface area contributed by atoms with Crippen molar-refractivity contribution in [2.45, 2.75) is 25.4 Å². The number of hydrogen-bond donors (Lipinski definition) is 1. The van der Waals surface area contributed by atoms with Crippen LogP contribution in [0.3, 0.4) is 0 Å². The molecule has 5 rings (SSSR count). The predicted octanol–water partition coefficient (Wildman–Crippen LogP) is 3.09. The maximum absolute atomic E-state index is 12.7. The summed E-state index contributed by atoms with van der Waals surface area (Å²) < 4.78 is 7.82. The largest absolute Gasteiger partial charge is 0.497 e. The Bertz CT molecular complexity index is 1190. The number of benzene rings is 1. The smallest absolute Gasteiger partial charge is 0.268 e. The van der Waals surface area contributed by atoms with Gasteiger partial charge in [0.2, 0.25) is 0 Å². The third-order valence-corrected chi connectivity index (χ3v) is 6.72. The number of nitrogens with zero attached hydrogens (tertiary/aromatic N) is 5. The maximum atomic E-state index is 12.7. The minimum Gasteiger partial charge on any atom is -0.497 e. The van der Waals surface area contributed by atoms with Crippen molar-refractivity contribution < 1.29 is 4.74 Å². The first-order valence-electron chi connectivity index (χ1n) is 9.93. The monoisotopic (exact) mass is 422 g/mol. The molecule has 9 heteroatoms. The lowest BCUT2D eigenvalue weighted by molar-refractivity contribution is 0.170. The van der Waals surface area contributed by atoms with Crippen molar-refractivity contribution in [3.63, 3.8) is 0 Å². The van der Waals surface area contributed by atoms with Crippen molar-refractivity contribution in [1.82, 2.24) is 29.6 Å². The Hall–Kier alpha value is -3.04. The SMILES string of the molecule is COc1ccc(-c2cc3nc(CN4CCC(n5cncn5)CC4)[nH]c(=O)c3s2)cc1. The van der Waals surface area contributed by atoms with Crippen LogP contribution in [0, 0.1) is 0 Å². The highest BCUT2D eigenvalue weighted by atomic mass is 32.1. The lowest BCUT2D eigenvalue weighted by Crippen LogP contribution is -2.35. The van der Waals surface area contributed by atoms with Gasteiger partial charge in [-0.1, -0.05) is 0 Å². The van der Waals surface area contributed by atoms with E-state index in [-0.39, 0.29) is 5.56 Å². The van der Waals surface area contributed by atoms with E-state index in [4.69, 9.17) is 9.72 Å². The van der Waals surface area contributed by atoms with E-state index in [1.54, 1.807) is 19.8 Å². The molecule has 8 nitrogen and oxygen atoms in total. The Balaban J connectivity index is 1.32. The van der Waals surface area contributed by atoms with Gasteiger partial charge in [0, 0.05) is 18.0 Å². The number of nitrogens with one attached hydrogen (secondary N) is 1. The van der Waals surface area contributed by atoms with Gasteiger partial charge in [0.25, 0.3) is 5.56 Å². The van der Waals surface area contributed by atoms with E-state index < -0.39 is 0 Å². The van der Waals surface area contributed by atoms with E-state index >= 15 is 0 Å². The third-order valence-electron chi connectivity index (χ3n) is 5.55. The zero-order valence-electron chi connectivity index (χ0n) is 16.6. The van der Waals surface area contributed by atoms with Gasteiger partial charge in [-0.15, -0.1) is 11.3 Å². The summed E-state index contributed by atoms with van der Waals surface area (Å²) in [4.78, 5) is 27.8. The molecule has 1 aliphatic heterocycles. The molecule has 1 fully saturated rings. The van der Waals surface area contributed by atoms with Crippen LogP contribution in [0.5, 0.6) is 5.75 Å². The minimum absolute atomic E-state index is 0.0720. The Morgan fingerprint density at radius 3 is 2.73 bits per heavy atom. The van der Waals surface area contributed by atoms with Crippen molar-refractivity contribution in [2.24, 2.45) is 0 Å². The number of aromatic amines is 1. The van der Waals surface area contributed by atoms with Crippen molar-refractivity contribution in [2.75, 3.05) is 20.2 Å². The van der Waals surface area contributed by atoms with Crippen molar-refractivity contribution in [3.05, 3.63) is 59.2 Å². The second-order valence-corrected chi connectivity index (χ2v) is 8.50. The summed E-state index contributed by atoms with van der Waals surface area (Å²) in [5.74, 6) is 1.52. The fourth-order valence-corrected chi connectivity index (χ4v) is 4.92. The average Bonchev–Trinajstić information content (AvgIpc) is 3.45. The first kappa shape index (κ1) is 19.0. The molecular formula is C21H22N6O2S. The lowest BCUT2D eigenvalue weighted by Gasteiger charge is -2.31. The number of piperidine rings is 1. The molecule has 4 aromatic rings. The normalized spacial score (nSPS) is 15.6. The highest BCUT2D eigenvalue weighted by molar-refractivity contribution is 7.22. The van der Waals surface area contributed by atoms with E-state index in [1.807, 2.05) is 35.0 Å². The zero-order chi connectivity index (χ0) is 20.5. The number of hydrogen-bond acceptors (Lipinski definition) is 7. The van der Waals surface area contributed by atoms with E-state index in [2.05, 4.69) is 20.0 Å². The van der Waals surface area contributed by atoms with Crippen LogP contribution in [-0.2, 0) is 6.54 Å². The minimum atomic E-state index is -0.0720. The summed E-state index contributed by atoms with van der Waals surface area (Å²) in [6.07, 6.45) is 5.38. The number of aromatic nitrogens is 5. The zero-order valence-corrected chi connectivity index (χ0v) is 17.4. The molecule has 0 bridgehead atoms. The lowest BCUT2D eigenvalue weighted by atomic mass is 10.1. The summed E-state index contributed by atoms with van der Waals surface area (Å²) in [5, 5.41) is 4.25. The number of H-pyrrole nitrogens is 1. The van der Waals surface area contributed by atoms with Gasteiger partial charge < -0.3 is 9.72 Å². The second-order valence-electron chi connectivity index (χ2n) is 7.45. The highest BCUT2D eigenvalue weighted by Crippen LogP contribution is 2.32. The Labute approximate surface area is 177 Å². The Morgan fingerprint density at radius 1 is 1.23 bits per heavy atom. The van der Waals surface area contributed by atoms with Crippen LogP contribution in [0.1, 0.15) is 24.7 Å². The van der Waals surface area contributed by atoms with Gasteiger partial charge >= 0.3 is 0 Å². The highest BCUT2D eigenvalue weighted by Gasteiger charge is 2.22. The molecule has 1 saturated heterocycles. The van der Waals surface area contributed by atoms with Gasteiger partial charge in [-0.2, -0.15) is 5.10 Å². The van der Waals surface area contributed by atoms with E-state index in [0.29, 0.717) is 23.1 Å². The number of methoxy groups -OCH3 is 1. The van der Waals surface area contributed by atoms with Crippen LogP contribution in [0.25, 0.3) is 20.7 Å². The van der Waals surface area contributed by atoms with Crippen LogP contribution in [-0.4, -0.2) is 49.8 Å². The predicted molar refractivity (Wildman–Crippen MR) is 116 cm³/mol. The summed E-state index contributed by atoms with van der Waals surface area (Å²) in [6.45, 7) is 2.52. The topological polar surface area (TPSA) is 88.9 Å². The molecule has 1 aliphatic rings. The first-order valence-corrected chi connectivity index (χ1v) is 10.7. The maximum Gasteiger partial charge on any atom is 0.268 e. The Kier molecular flexibility index (Phi) is 5.06. The fourth-order valence-electron chi connectivity index (χ4n) is 3.92. The average molecular weight is 423 g/mol. The molecule has 0 saturated carbocycles. The molecule has 3 aromatic heterocycles. The van der Waals surface area contributed by atoms with Gasteiger partial charge in [0.15, 0.2) is 0 Å². The quantitative estimate of drug-likeness (QED) is 0.532. The van der Waals surface area contributed by atoms with Crippen LogP contribution < -0.4 is 10.3 Å². The first-order chi connectivity index (χ1) is 14.7. The molecule has 0 spiro atoms. The summed E-state index contributed by atoms with van der Waals surface area (Å²) in [5.41, 5.74) is 1.73. The standard InChI is InChI=1S/C21H22N6O2S/c1-29-16-4-2-14(3-5-16)18-10-17-20(30-18)21(28)25-19(24-17)11-26-8-6-15(7-9-26)27-13-22-12-23-27/h2-5,10,12-13,15H,6-9,11H2,1H3,(H,24,25,28). The molecule has 0 radical (unpaired) electrons. The van der Waals surface area contributed by atoms with Gasteiger partial charge in [-0.05, 0) is 48.7 Å². The van der Waals surface area contributed by atoms with E-state index in [9.17, 15) is 4.79 Å². The van der Waals surface area contributed by atoms with Crippen LogP contribution in [0.4, 0.5) is 0 Å². The number of likely N-dealkylation sites (tertiary alicyclic amines) is 1. The second kappa shape index (κ2) is 8.00. The van der Waals surface area contributed by atoms with Gasteiger partial charge in [-0.3, -0.25) is 9.69 Å². The number of fused-ring (bicyclic) bond motifs is 1. The molecule has 0 atom stereocenters. The molecule has 0 aliphatic carbocycles. The van der Waals surface area contributed by atoms with Crippen LogP contribution in [0.15, 0.2) is 47.8 Å². The van der Waals surface area contributed by atoms with Crippen LogP contribution in [0.2, 0.25) is 0 Å². The molecule has 0 amide bonds. The van der Waals surface area contributed by atoms with E-state index in [1.165, 1.54) is 11.3 Å². The number of rotatable bonds is 5. The van der Waals surface area contributed by atoms with Gasteiger partial charge in [-0.25, -0.2) is 14.6 Å². The summed E-state index contributed by atoms with van der Waals surface area (Å²) in [6, 6.07) is 10.2. The van der Waals surface area contributed by atoms with Gasteiger partial charge in [0.1, 0.15) is 28.9 Å². The molecule has 154 valence electrons. The molecular weight excluding hydrogens is 400 g/mol. The van der Waals surface area contributed by atoms with Crippen molar-refractivity contribution in [1.29, 1.82) is 0 Å². The van der Waals surface area contributed by atoms with E-state index in [0.717, 1.165) is 47.6 Å². The van der Waals surface area contributed by atoms with Crippen molar-refractivity contribution in [3.8, 4) is 16.2 Å². The van der Waals surface area contributed by atoms with Crippen LogP contribution >= 0.6 is 11.3 Å². The van der Waals surface area contributed by atoms with Crippen molar-refractivity contribution >= 4 is 21.6 Å². The summed E-state index contributed by atoms with van der Waals surface area (Å²) >= 11 is 1.47. The molecule has 1 aromatic carbocycles. The Morgan fingerprint density at radius 2 is 2.03 bits per heavy atom.